The Labute approximate surface area is 29.6 Å². The van der Waals surface area contributed by atoms with Crippen LogP contribution in [0.25, 0.3) is 0 Å². The van der Waals surface area contributed by atoms with Crippen LogP contribution >= 0.6 is 12.2 Å². The van der Waals surface area contributed by atoms with Crippen molar-refractivity contribution in [2.24, 2.45) is 0 Å². The van der Waals surface area contributed by atoms with E-state index in [1.165, 1.54) is 6.61 Å². The van der Waals surface area contributed by atoms with Crippen molar-refractivity contribution in [2.75, 3.05) is 0 Å². The Bertz CT molecular complexity index is 44.0. The van der Waals surface area contributed by atoms with E-state index in [1.54, 1.807) is 0 Å². The molecule has 0 aromatic carbocycles. The highest BCUT2D eigenvalue weighted by molar-refractivity contribution is 7.80. The van der Waals surface area contributed by atoms with Gasteiger partial charge in [0, 0.05) is 0 Å². The topological polar surface area (TPSA) is 12.5 Å². The van der Waals surface area contributed by atoms with E-state index in [-0.39, 0.29) is 0 Å². The number of rotatable bonds is 0. The largest absolute Gasteiger partial charge is 0.466 e. The highest BCUT2D eigenvalue weighted by Gasteiger charge is 2.11. The van der Waals surface area contributed by atoms with Crippen LogP contribution in [0.2, 0.25) is 0 Å². The molecule has 1 saturated heterocycles. The summed E-state index contributed by atoms with van der Waals surface area (Å²) in [6.07, 6.45) is 0. The van der Waals surface area contributed by atoms with E-state index in [2.05, 4.69) is 17.0 Å². The molecule has 0 atom stereocenters. The van der Waals surface area contributed by atoms with Gasteiger partial charge < -0.3 is 4.74 Å². The van der Waals surface area contributed by atoms with E-state index in [9.17, 15) is 0 Å². The standard InChI is InChI=1S/C2HOS/c4-2-1-3-2/h1H. The Hall–Kier alpha value is -0.110. The van der Waals surface area contributed by atoms with Gasteiger partial charge in [0.1, 0.15) is 0 Å². The van der Waals surface area contributed by atoms with Gasteiger partial charge in [0.05, 0.1) is 0 Å². The molecule has 0 aromatic heterocycles. The number of epoxide rings is 1. The number of ether oxygens (including phenoxy) is 1. The monoisotopic (exact) mass is 73.0 g/mol. The zero-order chi connectivity index (χ0) is 2.99. The Morgan fingerprint density at radius 2 is 2.25 bits per heavy atom. The maximum atomic E-state index is 4.37. The zero-order valence-corrected chi connectivity index (χ0v) is 2.71. The predicted octanol–water partition coefficient (Wildman–Crippen LogP) is 0.506. The SMILES string of the molecule is S=C1[CH]O1. The van der Waals surface area contributed by atoms with Crippen LogP contribution in [-0.4, -0.2) is 5.05 Å². The van der Waals surface area contributed by atoms with Gasteiger partial charge in [0.2, 0.25) is 11.7 Å². The molecule has 1 heterocycles. The summed E-state index contributed by atoms with van der Waals surface area (Å²) >= 11 is 4.37. The third-order valence-corrected chi connectivity index (χ3v) is 0.407. The molecule has 1 fully saturated rings. The maximum Gasteiger partial charge on any atom is 0.212 e. The van der Waals surface area contributed by atoms with E-state index in [1.807, 2.05) is 0 Å². The molecule has 1 aliphatic rings. The van der Waals surface area contributed by atoms with Crippen molar-refractivity contribution in [3.05, 3.63) is 6.61 Å². The summed E-state index contributed by atoms with van der Waals surface area (Å²) < 4.78 is 4.31. The summed E-state index contributed by atoms with van der Waals surface area (Å²) in [4.78, 5) is 0. The van der Waals surface area contributed by atoms with Crippen molar-refractivity contribution in [3.8, 4) is 0 Å². The third kappa shape index (κ3) is 0.179. The minimum absolute atomic E-state index is 0.625. The second-order valence-electron chi connectivity index (χ2n) is 0.555. The van der Waals surface area contributed by atoms with Crippen molar-refractivity contribution in [1.82, 2.24) is 0 Å². The molecular weight excluding hydrogens is 72.1 g/mol. The molecule has 0 spiro atoms. The van der Waals surface area contributed by atoms with Crippen LogP contribution in [-0.2, 0) is 4.74 Å². The smallest absolute Gasteiger partial charge is 0.212 e. The summed E-state index contributed by atoms with van der Waals surface area (Å²) in [7, 11) is 0. The van der Waals surface area contributed by atoms with E-state index in [4.69, 9.17) is 0 Å². The Balaban J connectivity index is 2.60. The van der Waals surface area contributed by atoms with Gasteiger partial charge in [-0.3, -0.25) is 0 Å². The van der Waals surface area contributed by atoms with E-state index < -0.39 is 0 Å². The molecule has 2 heteroatoms. The summed E-state index contributed by atoms with van der Waals surface area (Å²) in [5, 5.41) is 0.625. The lowest BCUT2D eigenvalue weighted by Crippen LogP contribution is -1.37. The fourth-order valence-electron chi connectivity index (χ4n) is 0.0241. The average molecular weight is 73.1 g/mol. The molecule has 1 nitrogen and oxygen atoms in total. The molecule has 0 N–H and O–H groups in total. The summed E-state index contributed by atoms with van der Waals surface area (Å²) in [6.45, 7) is 1.52. The first-order valence-electron chi connectivity index (χ1n) is 0.933. The molecule has 0 saturated carbocycles. The van der Waals surface area contributed by atoms with Crippen LogP contribution in [0, 0.1) is 6.61 Å². The molecule has 21 valence electrons. The number of thiocarbonyl (C=S) groups is 1. The van der Waals surface area contributed by atoms with Crippen LogP contribution in [0.4, 0.5) is 0 Å². The molecule has 1 radical (unpaired) electrons. The summed E-state index contributed by atoms with van der Waals surface area (Å²) in [5.74, 6) is 0. The summed E-state index contributed by atoms with van der Waals surface area (Å²) in [5.41, 5.74) is 0. The quantitative estimate of drug-likeness (QED) is 0.306. The third-order valence-electron chi connectivity index (χ3n) is 0.214. The number of hydrogen-bond acceptors (Lipinski definition) is 2. The van der Waals surface area contributed by atoms with Crippen LogP contribution in [0.3, 0.4) is 0 Å². The molecule has 1 rings (SSSR count). The van der Waals surface area contributed by atoms with E-state index in [0.29, 0.717) is 5.05 Å². The van der Waals surface area contributed by atoms with Gasteiger partial charge in [-0.05, 0) is 12.2 Å². The number of hydrogen-bond donors (Lipinski definition) is 0. The minimum Gasteiger partial charge on any atom is -0.466 e. The Morgan fingerprint density at radius 3 is 2.25 bits per heavy atom. The van der Waals surface area contributed by atoms with Gasteiger partial charge in [-0.15, -0.1) is 0 Å². The van der Waals surface area contributed by atoms with Crippen LogP contribution in [0.5, 0.6) is 0 Å². The molecule has 4 heavy (non-hydrogen) atoms. The van der Waals surface area contributed by atoms with Crippen LogP contribution < -0.4 is 0 Å². The summed E-state index contributed by atoms with van der Waals surface area (Å²) in [6, 6.07) is 0. The minimum atomic E-state index is 0.625. The fraction of sp³-hybridized carbons (Fsp3) is 0. The first kappa shape index (κ1) is 2.15. The van der Waals surface area contributed by atoms with Gasteiger partial charge in [-0.1, -0.05) is 0 Å². The van der Waals surface area contributed by atoms with Crippen molar-refractivity contribution >= 4 is 17.3 Å². The van der Waals surface area contributed by atoms with Gasteiger partial charge in [-0.25, -0.2) is 0 Å². The molecule has 0 amide bonds. The van der Waals surface area contributed by atoms with E-state index >= 15 is 0 Å². The lowest BCUT2D eigenvalue weighted by Gasteiger charge is -1.35. The predicted molar refractivity (Wildman–Crippen MR) is 18.0 cm³/mol. The first-order chi connectivity index (χ1) is 1.89. The maximum absolute atomic E-state index is 4.37. The fourth-order valence-corrected chi connectivity index (χ4v) is 0.0722. The van der Waals surface area contributed by atoms with Crippen molar-refractivity contribution in [2.45, 2.75) is 0 Å². The van der Waals surface area contributed by atoms with Crippen LogP contribution in [0.15, 0.2) is 0 Å². The van der Waals surface area contributed by atoms with Gasteiger partial charge >= 0.3 is 0 Å². The zero-order valence-electron chi connectivity index (χ0n) is 1.89. The Morgan fingerprint density at radius 1 is 2.00 bits per heavy atom. The molecule has 0 unspecified atom stereocenters. The normalized spacial score (nSPS) is 19.5. The Kier molecular flexibility index (Phi) is 0.232. The first-order valence-corrected chi connectivity index (χ1v) is 1.34. The van der Waals surface area contributed by atoms with Crippen LogP contribution in [0.1, 0.15) is 0 Å². The highest BCUT2D eigenvalue weighted by atomic mass is 32.1. The van der Waals surface area contributed by atoms with Gasteiger partial charge in [0.25, 0.3) is 0 Å². The lowest BCUT2D eigenvalue weighted by molar-refractivity contribution is 0.608. The molecule has 0 aliphatic carbocycles. The van der Waals surface area contributed by atoms with Crippen molar-refractivity contribution in [1.29, 1.82) is 0 Å². The highest BCUT2D eigenvalue weighted by Crippen LogP contribution is 2.03. The second kappa shape index (κ2) is 0.432. The average Bonchev–Trinajstić information content (AvgIpc) is 1.75. The molecule has 1 aliphatic heterocycles. The molecular formula is C2HOS. The molecule has 0 bridgehead atoms. The van der Waals surface area contributed by atoms with Gasteiger partial charge in [0.15, 0.2) is 0 Å². The lowest BCUT2D eigenvalue weighted by atomic mass is 11.0. The van der Waals surface area contributed by atoms with Gasteiger partial charge in [-0.2, -0.15) is 0 Å². The van der Waals surface area contributed by atoms with Crippen molar-refractivity contribution < 1.29 is 4.74 Å². The second-order valence-corrected chi connectivity index (χ2v) is 0.957. The van der Waals surface area contributed by atoms with Crippen molar-refractivity contribution in [3.63, 3.8) is 0 Å². The molecule has 0 aromatic rings. The van der Waals surface area contributed by atoms with E-state index in [0.717, 1.165) is 0 Å².